The van der Waals surface area contributed by atoms with Crippen LogP contribution in [0.2, 0.25) is 0 Å². The molecule has 0 spiro atoms. The maximum absolute atomic E-state index is 4.96. The van der Waals surface area contributed by atoms with Gasteiger partial charge >= 0.3 is 0 Å². The molecule has 0 aliphatic carbocycles. The van der Waals surface area contributed by atoms with Gasteiger partial charge in [0.25, 0.3) is 0 Å². The summed E-state index contributed by atoms with van der Waals surface area (Å²) in [7, 11) is 0. The van der Waals surface area contributed by atoms with Crippen molar-refractivity contribution in [2.24, 2.45) is 0 Å². The second-order valence-corrected chi connectivity index (χ2v) is 8.43. The van der Waals surface area contributed by atoms with Crippen LogP contribution in [0, 0.1) is 13.8 Å². The summed E-state index contributed by atoms with van der Waals surface area (Å²) in [5.41, 5.74) is 8.66. The molecule has 0 N–H and O–H groups in total. The van der Waals surface area contributed by atoms with Gasteiger partial charge in [0.1, 0.15) is 11.0 Å². The fourth-order valence-electron chi connectivity index (χ4n) is 3.38. The molecule has 0 saturated carbocycles. The Balaban J connectivity index is 1.81. The first-order valence-corrected chi connectivity index (χ1v) is 10.5. The first-order chi connectivity index (χ1) is 14.2. The highest BCUT2D eigenvalue weighted by molar-refractivity contribution is 7.09. The van der Waals surface area contributed by atoms with Crippen LogP contribution in [-0.2, 0) is 0 Å². The normalized spacial score (nSPS) is 12.9. The molecule has 2 aromatic heterocycles. The second-order valence-electron chi connectivity index (χ2n) is 7.35. The Morgan fingerprint density at radius 1 is 0.586 bits per heavy atom. The molecule has 0 bridgehead atoms. The van der Waals surface area contributed by atoms with Gasteiger partial charge in [0.15, 0.2) is 0 Å². The lowest BCUT2D eigenvalue weighted by atomic mass is 10.1. The summed E-state index contributed by atoms with van der Waals surface area (Å²) in [5, 5.41) is 0. The van der Waals surface area contributed by atoms with E-state index in [2.05, 4.69) is 74.5 Å². The Morgan fingerprint density at radius 2 is 1.00 bits per heavy atom. The SMILES string of the molecule is Cc1ccc(/C=c2/s/c(=C/c3ccc(C)cc3)c3nc4ccccc4nc23)cc1. The summed E-state index contributed by atoms with van der Waals surface area (Å²) in [6, 6.07) is 25.2. The predicted octanol–water partition coefficient (Wildman–Crippen LogP) is 5.12. The van der Waals surface area contributed by atoms with Crippen LogP contribution in [0.15, 0.2) is 72.8 Å². The molecule has 0 unspecified atom stereocenters. The van der Waals surface area contributed by atoms with Crippen molar-refractivity contribution in [1.82, 2.24) is 9.97 Å². The van der Waals surface area contributed by atoms with Gasteiger partial charge in [-0.1, -0.05) is 71.8 Å². The largest absolute Gasteiger partial charge is 0.243 e. The Morgan fingerprint density at radius 3 is 1.41 bits per heavy atom. The Hall–Kier alpha value is -3.30. The summed E-state index contributed by atoms with van der Waals surface area (Å²) < 4.78 is 2.28. The molecule has 3 heteroatoms. The van der Waals surface area contributed by atoms with E-state index in [1.54, 1.807) is 11.3 Å². The average Bonchev–Trinajstić information content (AvgIpc) is 3.06. The van der Waals surface area contributed by atoms with Crippen molar-refractivity contribution in [2.75, 3.05) is 0 Å². The molecule has 0 aliphatic rings. The van der Waals surface area contributed by atoms with E-state index >= 15 is 0 Å². The number of aryl methyl sites for hydroxylation is 2. The van der Waals surface area contributed by atoms with Gasteiger partial charge in [-0.3, -0.25) is 0 Å². The lowest BCUT2D eigenvalue weighted by Crippen LogP contribution is -1.98. The zero-order valence-electron chi connectivity index (χ0n) is 16.4. The zero-order chi connectivity index (χ0) is 19.8. The number of benzene rings is 3. The molecule has 0 radical (unpaired) electrons. The van der Waals surface area contributed by atoms with Crippen LogP contribution in [0.25, 0.3) is 34.2 Å². The lowest BCUT2D eigenvalue weighted by molar-refractivity contribution is 1.40. The van der Waals surface area contributed by atoms with Crippen LogP contribution in [-0.4, -0.2) is 9.97 Å². The van der Waals surface area contributed by atoms with Crippen molar-refractivity contribution in [3.05, 3.63) is 104 Å². The number of hydrogen-bond acceptors (Lipinski definition) is 3. The molecule has 2 heterocycles. The fraction of sp³-hybridized carbons (Fsp3) is 0.0769. The third-order valence-electron chi connectivity index (χ3n) is 5.01. The van der Waals surface area contributed by atoms with Gasteiger partial charge < -0.3 is 0 Å². The monoisotopic (exact) mass is 392 g/mol. The van der Waals surface area contributed by atoms with Gasteiger partial charge in [0, 0.05) is 0 Å². The molecular weight excluding hydrogens is 372 g/mol. The molecule has 5 rings (SSSR count). The van der Waals surface area contributed by atoms with Crippen molar-refractivity contribution >= 4 is 45.6 Å². The standard InChI is InChI=1S/C26H20N2S/c1-17-7-11-19(12-8-17)15-23-25-26(28-22-6-4-3-5-21(22)27-25)24(29-23)16-20-13-9-18(2)10-14-20/h3-16H,1-2H3/b23-15+,24-16+. The van der Waals surface area contributed by atoms with Gasteiger partial charge in [0.05, 0.1) is 20.1 Å². The van der Waals surface area contributed by atoms with Gasteiger partial charge in [0.2, 0.25) is 0 Å². The van der Waals surface area contributed by atoms with E-state index in [0.29, 0.717) is 0 Å². The Kier molecular flexibility index (Phi) is 4.45. The molecule has 0 amide bonds. The maximum Gasteiger partial charge on any atom is 0.108 e. The minimum absolute atomic E-state index is 0.929. The molecular formula is C26H20N2S. The fourth-order valence-corrected chi connectivity index (χ4v) is 4.49. The summed E-state index contributed by atoms with van der Waals surface area (Å²) >= 11 is 1.75. The third kappa shape index (κ3) is 3.57. The summed E-state index contributed by atoms with van der Waals surface area (Å²) in [6.45, 7) is 4.22. The highest BCUT2D eigenvalue weighted by Crippen LogP contribution is 2.14. The Labute approximate surface area is 173 Å². The van der Waals surface area contributed by atoms with Crippen LogP contribution in [0.1, 0.15) is 22.3 Å². The first kappa shape index (κ1) is 17.8. The van der Waals surface area contributed by atoms with E-state index in [1.807, 2.05) is 24.3 Å². The molecule has 5 aromatic rings. The molecule has 29 heavy (non-hydrogen) atoms. The third-order valence-corrected chi connectivity index (χ3v) is 6.07. The highest BCUT2D eigenvalue weighted by atomic mass is 32.1. The van der Waals surface area contributed by atoms with Gasteiger partial charge in [-0.2, -0.15) is 0 Å². The first-order valence-electron chi connectivity index (χ1n) is 9.68. The second kappa shape index (κ2) is 7.26. The number of hydrogen-bond donors (Lipinski definition) is 0. The Bertz CT molecular complexity index is 1330. The molecule has 3 aromatic carbocycles. The summed E-state index contributed by atoms with van der Waals surface area (Å²) in [5.74, 6) is 0. The number of nitrogens with zero attached hydrogens (tertiary/aromatic N) is 2. The number of para-hydroxylation sites is 2. The highest BCUT2D eigenvalue weighted by Gasteiger charge is 2.08. The van der Waals surface area contributed by atoms with Crippen LogP contribution >= 0.6 is 11.3 Å². The smallest absolute Gasteiger partial charge is 0.108 e. The van der Waals surface area contributed by atoms with E-state index < -0.39 is 0 Å². The van der Waals surface area contributed by atoms with Crippen LogP contribution in [0.5, 0.6) is 0 Å². The average molecular weight is 393 g/mol. The minimum Gasteiger partial charge on any atom is -0.243 e. The maximum atomic E-state index is 4.96. The van der Waals surface area contributed by atoms with E-state index in [0.717, 1.165) is 31.1 Å². The van der Waals surface area contributed by atoms with Crippen molar-refractivity contribution in [1.29, 1.82) is 0 Å². The van der Waals surface area contributed by atoms with E-state index in [9.17, 15) is 0 Å². The quantitative estimate of drug-likeness (QED) is 0.417. The van der Waals surface area contributed by atoms with Crippen molar-refractivity contribution in [3.8, 4) is 0 Å². The molecule has 2 nitrogen and oxygen atoms in total. The van der Waals surface area contributed by atoms with Crippen LogP contribution < -0.4 is 9.06 Å². The number of rotatable bonds is 2. The van der Waals surface area contributed by atoms with E-state index in [1.165, 1.54) is 22.3 Å². The number of fused-ring (bicyclic) bond motifs is 2. The van der Waals surface area contributed by atoms with E-state index in [4.69, 9.17) is 9.97 Å². The molecule has 140 valence electrons. The topological polar surface area (TPSA) is 25.8 Å². The molecule has 0 saturated heterocycles. The summed E-state index contributed by atoms with van der Waals surface area (Å²) in [4.78, 5) is 9.93. The van der Waals surface area contributed by atoms with E-state index in [-0.39, 0.29) is 0 Å². The minimum atomic E-state index is 0.929. The summed E-state index contributed by atoms with van der Waals surface area (Å²) in [6.07, 6.45) is 4.42. The lowest BCUT2D eigenvalue weighted by Gasteiger charge is -1.97. The molecule has 0 atom stereocenters. The van der Waals surface area contributed by atoms with Crippen LogP contribution in [0.4, 0.5) is 0 Å². The van der Waals surface area contributed by atoms with Crippen molar-refractivity contribution in [3.63, 3.8) is 0 Å². The zero-order valence-corrected chi connectivity index (χ0v) is 17.2. The van der Waals surface area contributed by atoms with Crippen molar-refractivity contribution < 1.29 is 0 Å². The molecule has 0 aliphatic heterocycles. The molecule has 0 fully saturated rings. The van der Waals surface area contributed by atoms with Crippen LogP contribution in [0.3, 0.4) is 0 Å². The van der Waals surface area contributed by atoms with Gasteiger partial charge in [-0.15, -0.1) is 11.3 Å². The predicted molar refractivity (Wildman–Crippen MR) is 124 cm³/mol. The van der Waals surface area contributed by atoms with Gasteiger partial charge in [-0.25, -0.2) is 9.97 Å². The number of aromatic nitrogens is 2. The van der Waals surface area contributed by atoms with Gasteiger partial charge in [-0.05, 0) is 49.3 Å². The number of thiophene rings is 1. The van der Waals surface area contributed by atoms with Crippen molar-refractivity contribution in [2.45, 2.75) is 13.8 Å².